The molecule has 0 saturated heterocycles. The fourth-order valence-electron chi connectivity index (χ4n) is 5.67. The highest BCUT2D eigenvalue weighted by Gasteiger charge is 2.66. The molecular weight excluding hydrogens is 554 g/mol. The number of anilines is 2. The molecule has 15 heteroatoms. The summed E-state index contributed by atoms with van der Waals surface area (Å²) in [5.74, 6) is -0.920. The molecule has 1 spiro atoms. The standard InChI is InChI=1S/C26H22F6N8O/c27-25(28,29)13-39-20(41)16-12-34-22(36-15-1-2-17-14(11-15)3-10-35-24(17)7-8-24)38-19(16)40(39)18-4-9-33-21(37-18)23(5-6-23)26(30,31)32/h1-2,4,9,11-12,35H,3,5-8,10,13H2,(H,34,36,38). The molecule has 1 aliphatic heterocycles. The minimum atomic E-state index is -4.82. The summed E-state index contributed by atoms with van der Waals surface area (Å²) in [6.45, 7) is -0.871. The van der Waals surface area contributed by atoms with Crippen molar-refractivity contribution in [1.29, 1.82) is 0 Å². The minimum absolute atomic E-state index is 0.00587. The second-order valence-electron chi connectivity index (χ2n) is 10.8. The first-order valence-corrected chi connectivity index (χ1v) is 13.0. The zero-order valence-corrected chi connectivity index (χ0v) is 21.3. The number of hydrogen-bond acceptors (Lipinski definition) is 7. The molecule has 4 aromatic rings. The van der Waals surface area contributed by atoms with Crippen LogP contribution in [0.3, 0.4) is 0 Å². The van der Waals surface area contributed by atoms with Gasteiger partial charge in [0, 0.05) is 36.2 Å². The molecule has 0 atom stereocenters. The number of benzene rings is 1. The number of hydrogen-bond donors (Lipinski definition) is 2. The van der Waals surface area contributed by atoms with Gasteiger partial charge in [-0.25, -0.2) is 24.3 Å². The zero-order valence-electron chi connectivity index (χ0n) is 21.3. The van der Waals surface area contributed by atoms with Crippen LogP contribution in [-0.4, -0.2) is 48.2 Å². The second kappa shape index (κ2) is 8.50. The third-order valence-electron chi connectivity index (χ3n) is 8.07. The lowest BCUT2D eigenvalue weighted by Gasteiger charge is -2.27. The van der Waals surface area contributed by atoms with Crippen molar-refractivity contribution in [2.75, 3.05) is 11.9 Å². The van der Waals surface area contributed by atoms with Crippen LogP contribution in [0.25, 0.3) is 16.9 Å². The third kappa shape index (κ3) is 4.24. The van der Waals surface area contributed by atoms with Crippen molar-refractivity contribution in [2.45, 2.75) is 62.0 Å². The van der Waals surface area contributed by atoms with Gasteiger partial charge in [0.25, 0.3) is 5.56 Å². The fourth-order valence-corrected chi connectivity index (χ4v) is 5.67. The van der Waals surface area contributed by atoms with Crippen LogP contribution in [0, 0.1) is 0 Å². The van der Waals surface area contributed by atoms with E-state index in [2.05, 4.69) is 30.6 Å². The Hall–Kier alpha value is -4.01. The van der Waals surface area contributed by atoms with E-state index in [1.165, 1.54) is 5.56 Å². The van der Waals surface area contributed by atoms with E-state index >= 15 is 0 Å². The molecule has 9 nitrogen and oxygen atoms in total. The van der Waals surface area contributed by atoms with Crippen LogP contribution in [0.1, 0.15) is 42.6 Å². The van der Waals surface area contributed by atoms with Gasteiger partial charge in [-0.2, -0.15) is 31.3 Å². The molecule has 0 radical (unpaired) electrons. The molecule has 2 saturated carbocycles. The molecule has 0 bridgehead atoms. The summed E-state index contributed by atoms with van der Waals surface area (Å²) in [6, 6.07) is 6.98. The Bertz CT molecular complexity index is 1750. The van der Waals surface area contributed by atoms with E-state index in [4.69, 9.17) is 0 Å². The van der Waals surface area contributed by atoms with Crippen LogP contribution in [0.15, 0.2) is 41.5 Å². The number of fused-ring (bicyclic) bond motifs is 3. The van der Waals surface area contributed by atoms with Crippen molar-refractivity contribution in [3.63, 3.8) is 0 Å². The van der Waals surface area contributed by atoms with Gasteiger partial charge in [-0.05, 0) is 55.4 Å². The Morgan fingerprint density at radius 3 is 2.46 bits per heavy atom. The van der Waals surface area contributed by atoms with Gasteiger partial charge in [-0.15, -0.1) is 0 Å². The highest BCUT2D eigenvalue weighted by molar-refractivity contribution is 5.77. The van der Waals surface area contributed by atoms with Crippen LogP contribution in [0.5, 0.6) is 0 Å². The van der Waals surface area contributed by atoms with Crippen LogP contribution in [0.4, 0.5) is 38.0 Å². The Morgan fingerprint density at radius 1 is 1.00 bits per heavy atom. The lowest BCUT2D eigenvalue weighted by molar-refractivity contribution is -0.162. The molecule has 4 heterocycles. The normalized spacial score (nSPS) is 18.9. The van der Waals surface area contributed by atoms with Crippen LogP contribution < -0.4 is 16.2 Å². The molecule has 2 aliphatic carbocycles. The van der Waals surface area contributed by atoms with E-state index in [1.54, 1.807) is 0 Å². The third-order valence-corrected chi connectivity index (χ3v) is 8.07. The van der Waals surface area contributed by atoms with E-state index in [-0.39, 0.29) is 41.2 Å². The van der Waals surface area contributed by atoms with Gasteiger partial charge in [0.2, 0.25) is 5.95 Å². The Labute approximate surface area is 227 Å². The van der Waals surface area contributed by atoms with Crippen molar-refractivity contribution in [2.24, 2.45) is 0 Å². The molecule has 3 aliphatic rings. The van der Waals surface area contributed by atoms with Crippen LogP contribution >= 0.6 is 0 Å². The topological polar surface area (TPSA) is 103 Å². The molecule has 2 fully saturated rings. The van der Waals surface area contributed by atoms with Gasteiger partial charge in [0.1, 0.15) is 23.2 Å². The van der Waals surface area contributed by atoms with Gasteiger partial charge in [0.05, 0.1) is 0 Å². The van der Waals surface area contributed by atoms with Crippen molar-refractivity contribution in [3.05, 3.63) is 64.0 Å². The van der Waals surface area contributed by atoms with E-state index in [1.807, 2.05) is 18.2 Å². The summed E-state index contributed by atoms with van der Waals surface area (Å²) in [7, 11) is 0. The number of rotatable bonds is 5. The number of halogens is 6. The predicted molar refractivity (Wildman–Crippen MR) is 134 cm³/mol. The van der Waals surface area contributed by atoms with E-state index in [0.717, 1.165) is 54.5 Å². The first-order chi connectivity index (χ1) is 19.4. The van der Waals surface area contributed by atoms with E-state index < -0.39 is 35.7 Å². The monoisotopic (exact) mass is 576 g/mol. The summed E-state index contributed by atoms with van der Waals surface area (Å²) in [5.41, 5.74) is -0.503. The summed E-state index contributed by atoms with van der Waals surface area (Å²) in [6.07, 6.45) is -4.86. The SMILES string of the molecule is O=c1c2cnc(Nc3ccc4c(c3)CCNC43CC3)nc2n(-c2ccnc(C3(C(F)(F)F)CC3)n2)n1CC(F)(F)F. The zero-order chi connectivity index (χ0) is 28.8. The van der Waals surface area contributed by atoms with E-state index in [9.17, 15) is 31.1 Å². The molecule has 7 rings (SSSR count). The Kier molecular flexibility index (Phi) is 5.38. The number of aromatic nitrogens is 6. The molecule has 214 valence electrons. The molecule has 1 aromatic carbocycles. The number of alkyl halides is 6. The maximum Gasteiger partial charge on any atom is 0.408 e. The van der Waals surface area contributed by atoms with E-state index in [0.29, 0.717) is 10.4 Å². The first kappa shape index (κ1) is 25.9. The lowest BCUT2D eigenvalue weighted by Crippen LogP contribution is -2.36. The van der Waals surface area contributed by atoms with Crippen molar-refractivity contribution < 1.29 is 26.3 Å². The molecule has 3 aromatic heterocycles. The summed E-state index contributed by atoms with van der Waals surface area (Å²) < 4.78 is 83.0. The summed E-state index contributed by atoms with van der Waals surface area (Å²) in [4.78, 5) is 29.3. The molecule has 0 unspecified atom stereocenters. The predicted octanol–water partition coefficient (Wildman–Crippen LogP) is 4.41. The fraction of sp³-hybridized carbons (Fsp3) is 0.423. The maximum atomic E-state index is 13.8. The summed E-state index contributed by atoms with van der Waals surface area (Å²) in [5, 5.41) is 6.35. The van der Waals surface area contributed by atoms with Gasteiger partial charge in [-0.3, -0.25) is 4.79 Å². The quantitative estimate of drug-likeness (QED) is 0.340. The largest absolute Gasteiger partial charge is 0.408 e. The Balaban J connectivity index is 1.32. The van der Waals surface area contributed by atoms with Gasteiger partial charge < -0.3 is 10.6 Å². The molecule has 0 amide bonds. The average molecular weight is 577 g/mol. The van der Waals surface area contributed by atoms with Crippen molar-refractivity contribution >= 4 is 22.7 Å². The summed E-state index contributed by atoms with van der Waals surface area (Å²) >= 11 is 0. The Morgan fingerprint density at radius 2 is 1.78 bits per heavy atom. The number of nitrogens with zero attached hydrogens (tertiary/aromatic N) is 6. The lowest BCUT2D eigenvalue weighted by atomic mass is 9.92. The van der Waals surface area contributed by atoms with Crippen molar-refractivity contribution in [1.82, 2.24) is 34.6 Å². The molecule has 2 N–H and O–H groups in total. The van der Waals surface area contributed by atoms with Gasteiger partial charge >= 0.3 is 12.4 Å². The molecular formula is C26H22F6N8O. The van der Waals surface area contributed by atoms with Crippen LogP contribution in [-0.2, 0) is 23.9 Å². The molecule has 41 heavy (non-hydrogen) atoms. The highest BCUT2D eigenvalue weighted by Crippen LogP contribution is 2.57. The second-order valence-corrected chi connectivity index (χ2v) is 10.8. The van der Waals surface area contributed by atoms with Crippen LogP contribution in [0.2, 0.25) is 0 Å². The number of nitrogens with one attached hydrogen (secondary N) is 2. The average Bonchev–Trinajstić information content (AvgIpc) is 3.83. The van der Waals surface area contributed by atoms with Gasteiger partial charge in [-0.1, -0.05) is 6.07 Å². The maximum absolute atomic E-state index is 13.8. The minimum Gasteiger partial charge on any atom is -0.324 e. The van der Waals surface area contributed by atoms with Crippen molar-refractivity contribution in [3.8, 4) is 5.82 Å². The van der Waals surface area contributed by atoms with Gasteiger partial charge in [0.15, 0.2) is 11.5 Å². The first-order valence-electron chi connectivity index (χ1n) is 13.0. The highest BCUT2D eigenvalue weighted by atomic mass is 19.4. The smallest absolute Gasteiger partial charge is 0.324 e.